The van der Waals surface area contributed by atoms with Crippen molar-refractivity contribution in [3.8, 4) is 5.75 Å². The predicted octanol–water partition coefficient (Wildman–Crippen LogP) is 4.74. The summed E-state index contributed by atoms with van der Waals surface area (Å²) in [6, 6.07) is 8.25. The van der Waals surface area contributed by atoms with Gasteiger partial charge in [0.1, 0.15) is 29.5 Å². The van der Waals surface area contributed by atoms with E-state index in [-0.39, 0.29) is 12.0 Å². The number of carbonyl (C=O) groups is 1. The van der Waals surface area contributed by atoms with Crippen LogP contribution >= 0.6 is 0 Å². The number of ether oxygens (including phenoxy) is 2. The van der Waals surface area contributed by atoms with Gasteiger partial charge in [0.25, 0.3) is 0 Å². The number of aromatic nitrogens is 2. The van der Waals surface area contributed by atoms with E-state index in [9.17, 15) is 13.6 Å². The van der Waals surface area contributed by atoms with Crippen molar-refractivity contribution < 1.29 is 27.9 Å². The number of carbonyl (C=O) groups excluding carboxylic acids is 1. The Kier molecular flexibility index (Phi) is 8.08. The van der Waals surface area contributed by atoms with Crippen LogP contribution in [-0.2, 0) is 14.4 Å². The molecule has 10 nitrogen and oxygen atoms in total. The number of hydrogen-bond acceptors (Lipinski definition) is 9. The first-order valence-corrected chi connectivity index (χ1v) is 12.8. The van der Waals surface area contributed by atoms with Crippen molar-refractivity contribution in [3.63, 3.8) is 0 Å². The van der Waals surface area contributed by atoms with Crippen LogP contribution in [0, 0.1) is 11.6 Å². The molecule has 3 aromatic rings. The summed E-state index contributed by atoms with van der Waals surface area (Å²) in [5, 5.41) is 7.64. The first-order chi connectivity index (χ1) is 19.3. The van der Waals surface area contributed by atoms with E-state index in [1.807, 2.05) is 13.0 Å². The first-order valence-electron chi connectivity index (χ1n) is 12.8. The van der Waals surface area contributed by atoms with Crippen molar-refractivity contribution in [2.45, 2.75) is 25.5 Å². The number of methoxy groups -OCH3 is 1. The van der Waals surface area contributed by atoms with Crippen molar-refractivity contribution in [3.05, 3.63) is 72.6 Å². The fourth-order valence-electron chi connectivity index (χ4n) is 4.86. The van der Waals surface area contributed by atoms with Crippen molar-refractivity contribution in [1.29, 1.82) is 0 Å². The van der Waals surface area contributed by atoms with Gasteiger partial charge in [-0.05, 0) is 36.8 Å². The van der Waals surface area contributed by atoms with E-state index in [0.29, 0.717) is 67.0 Å². The summed E-state index contributed by atoms with van der Waals surface area (Å²) in [6.07, 6.45) is 3.12. The maximum Gasteiger partial charge on any atom is 0.247 e. The minimum Gasteiger partial charge on any atom is -0.494 e. The lowest BCUT2D eigenvalue weighted by Gasteiger charge is -2.34. The van der Waals surface area contributed by atoms with Gasteiger partial charge in [-0.2, -0.15) is 0 Å². The number of anilines is 5. The van der Waals surface area contributed by atoms with Crippen LogP contribution in [-0.4, -0.2) is 55.4 Å². The van der Waals surface area contributed by atoms with Crippen molar-refractivity contribution in [1.82, 2.24) is 9.97 Å². The Morgan fingerprint density at radius 1 is 1.12 bits per heavy atom. The normalized spacial score (nSPS) is 18.9. The van der Waals surface area contributed by atoms with Crippen LogP contribution in [0.5, 0.6) is 5.75 Å². The quantitative estimate of drug-likeness (QED) is 0.384. The van der Waals surface area contributed by atoms with Crippen molar-refractivity contribution in [2.24, 2.45) is 0 Å². The lowest BCUT2D eigenvalue weighted by molar-refractivity contribution is -0.111. The Morgan fingerprint density at radius 2 is 1.93 bits per heavy atom. The van der Waals surface area contributed by atoms with Gasteiger partial charge in [0.2, 0.25) is 5.91 Å². The number of nitrogens with one attached hydrogen (secondary N) is 2. The number of hydroxylamine groups is 1. The standard InChI is InChI=1S/C28H30F2N6O4/c1-4-28(37)34-21-12-22(25(38-3)13-24(21)35-6-8-39-17(2)15-35)33-26-14-27(32-16-31-26)36-23(5-7-40-36)18-9-19(29)11-20(30)10-18/h4,9-14,16-17,23H,1,5-8,15H2,2-3H3,(H,34,37)(H,31,32,33)/t17-,23-/m1/s1. The van der Waals surface area contributed by atoms with Crippen LogP contribution in [0.25, 0.3) is 0 Å². The number of hydrogen-bond donors (Lipinski definition) is 2. The molecule has 0 saturated carbocycles. The predicted molar refractivity (Wildman–Crippen MR) is 147 cm³/mol. The number of halogens is 2. The molecule has 5 rings (SSSR count). The lowest BCUT2D eigenvalue weighted by Crippen LogP contribution is -2.41. The van der Waals surface area contributed by atoms with Gasteiger partial charge in [0.15, 0.2) is 5.82 Å². The molecule has 1 aromatic heterocycles. The van der Waals surface area contributed by atoms with E-state index < -0.39 is 17.7 Å². The fraction of sp³-hybridized carbons (Fsp3) is 0.321. The highest BCUT2D eigenvalue weighted by atomic mass is 19.1. The van der Waals surface area contributed by atoms with Crippen LogP contribution in [0.2, 0.25) is 0 Å². The number of benzene rings is 2. The van der Waals surface area contributed by atoms with Gasteiger partial charge in [-0.25, -0.2) is 23.8 Å². The minimum absolute atomic E-state index is 0.0282. The summed E-state index contributed by atoms with van der Waals surface area (Å²) in [6.45, 7) is 7.77. The van der Waals surface area contributed by atoms with E-state index in [0.717, 1.165) is 11.8 Å². The number of amides is 1. The second-order valence-electron chi connectivity index (χ2n) is 9.44. The molecule has 12 heteroatoms. The molecule has 2 aliphatic heterocycles. The van der Waals surface area contributed by atoms with Crippen molar-refractivity contribution in [2.75, 3.05) is 54.0 Å². The third-order valence-corrected chi connectivity index (χ3v) is 6.66. The molecule has 2 aromatic carbocycles. The second-order valence-corrected chi connectivity index (χ2v) is 9.44. The summed E-state index contributed by atoms with van der Waals surface area (Å²) in [5.41, 5.74) is 2.34. The second kappa shape index (κ2) is 11.8. The third kappa shape index (κ3) is 5.97. The summed E-state index contributed by atoms with van der Waals surface area (Å²) >= 11 is 0. The smallest absolute Gasteiger partial charge is 0.247 e. The Balaban J connectivity index is 1.45. The number of nitrogens with zero attached hydrogens (tertiary/aromatic N) is 4. The van der Waals surface area contributed by atoms with E-state index >= 15 is 0 Å². The van der Waals surface area contributed by atoms with Gasteiger partial charge in [-0.1, -0.05) is 6.58 Å². The monoisotopic (exact) mass is 552 g/mol. The average Bonchev–Trinajstić information content (AvgIpc) is 3.43. The molecule has 210 valence electrons. The number of rotatable bonds is 8. The van der Waals surface area contributed by atoms with Gasteiger partial charge in [0, 0.05) is 37.7 Å². The average molecular weight is 553 g/mol. The maximum absolute atomic E-state index is 13.9. The fourth-order valence-corrected chi connectivity index (χ4v) is 4.86. The maximum atomic E-state index is 13.9. The van der Waals surface area contributed by atoms with Crippen LogP contribution < -0.4 is 25.3 Å². The molecule has 0 aliphatic carbocycles. The van der Waals surface area contributed by atoms with Gasteiger partial charge >= 0.3 is 0 Å². The molecule has 0 unspecified atom stereocenters. The van der Waals surface area contributed by atoms with Gasteiger partial charge in [-0.15, -0.1) is 0 Å². The zero-order valence-corrected chi connectivity index (χ0v) is 22.2. The molecular weight excluding hydrogens is 522 g/mol. The molecule has 2 N–H and O–H groups in total. The lowest BCUT2D eigenvalue weighted by atomic mass is 10.0. The highest BCUT2D eigenvalue weighted by molar-refractivity contribution is 6.02. The first kappa shape index (κ1) is 27.3. The summed E-state index contributed by atoms with van der Waals surface area (Å²) in [4.78, 5) is 28.8. The van der Waals surface area contributed by atoms with E-state index in [1.165, 1.54) is 29.6 Å². The van der Waals surface area contributed by atoms with Crippen LogP contribution in [0.1, 0.15) is 24.9 Å². The largest absolute Gasteiger partial charge is 0.494 e. The molecule has 1 amide bonds. The SMILES string of the molecule is C=CC(=O)Nc1cc(Nc2cc(N3OCC[C@@H]3c3cc(F)cc(F)c3)ncn2)c(OC)cc1N1CCO[C@H](C)C1. The van der Waals surface area contributed by atoms with Crippen LogP contribution in [0.15, 0.2) is 55.4 Å². The Bertz CT molecular complexity index is 1390. The Hall–Kier alpha value is -4.29. The third-order valence-electron chi connectivity index (χ3n) is 6.66. The van der Waals surface area contributed by atoms with Crippen molar-refractivity contribution >= 4 is 34.6 Å². The van der Waals surface area contributed by atoms with Gasteiger partial charge in [-0.3, -0.25) is 9.63 Å². The molecule has 0 spiro atoms. The Labute approximate surface area is 230 Å². The molecule has 40 heavy (non-hydrogen) atoms. The zero-order chi connectivity index (χ0) is 28.2. The van der Waals surface area contributed by atoms with E-state index in [1.54, 1.807) is 19.2 Å². The molecular formula is C28H30F2N6O4. The molecule has 2 saturated heterocycles. The minimum atomic E-state index is -0.659. The van der Waals surface area contributed by atoms with Gasteiger partial charge < -0.3 is 25.0 Å². The molecule has 0 bridgehead atoms. The number of morpholine rings is 1. The summed E-state index contributed by atoms with van der Waals surface area (Å²) < 4.78 is 39.2. The Morgan fingerprint density at radius 3 is 2.65 bits per heavy atom. The van der Waals surface area contributed by atoms with Gasteiger partial charge in [0.05, 0.1) is 49.5 Å². The summed E-state index contributed by atoms with van der Waals surface area (Å²) in [7, 11) is 1.56. The topological polar surface area (TPSA) is 101 Å². The van der Waals surface area contributed by atoms with E-state index in [2.05, 4.69) is 32.1 Å². The molecule has 2 aliphatic rings. The van der Waals surface area contributed by atoms with Crippen LogP contribution in [0.3, 0.4) is 0 Å². The highest BCUT2D eigenvalue weighted by Crippen LogP contribution is 2.40. The molecule has 3 heterocycles. The summed E-state index contributed by atoms with van der Waals surface area (Å²) in [5.74, 6) is -0.327. The molecule has 2 fully saturated rings. The molecule has 2 atom stereocenters. The zero-order valence-electron chi connectivity index (χ0n) is 22.2. The highest BCUT2D eigenvalue weighted by Gasteiger charge is 2.30. The van der Waals surface area contributed by atoms with Crippen LogP contribution in [0.4, 0.5) is 37.5 Å². The molecule has 0 radical (unpaired) electrons. The van der Waals surface area contributed by atoms with E-state index in [4.69, 9.17) is 14.3 Å².